The third-order valence-corrected chi connectivity index (χ3v) is 4.07. The predicted molar refractivity (Wildman–Crippen MR) is 92.5 cm³/mol. The number of aromatic nitrogens is 2. The largest absolute Gasteiger partial charge is 0.481 e. The number of ether oxygens (including phenoxy) is 1. The molecule has 0 saturated carbocycles. The Kier molecular flexibility index (Phi) is 5.15. The Morgan fingerprint density at radius 3 is 2.54 bits per heavy atom. The van der Waals surface area contributed by atoms with E-state index in [1.807, 2.05) is 4.90 Å². The first-order valence-corrected chi connectivity index (χ1v) is 8.12. The lowest BCUT2D eigenvalue weighted by Gasteiger charge is -2.35. The van der Waals surface area contributed by atoms with E-state index in [-0.39, 0.29) is 5.69 Å². The molecule has 1 aliphatic rings. The Hall–Kier alpha value is -2.97. The van der Waals surface area contributed by atoms with Gasteiger partial charge in [0.1, 0.15) is 23.3 Å². The van der Waals surface area contributed by atoms with Crippen molar-refractivity contribution >= 4 is 17.5 Å². The van der Waals surface area contributed by atoms with E-state index >= 15 is 0 Å². The number of amides is 2. The Balaban J connectivity index is 1.61. The fraction of sp³-hybridized carbons (Fsp3) is 0.353. The van der Waals surface area contributed by atoms with Crippen LogP contribution in [-0.4, -0.2) is 54.2 Å². The van der Waals surface area contributed by atoms with Gasteiger partial charge in [0.2, 0.25) is 5.88 Å². The highest BCUT2D eigenvalue weighted by Gasteiger charge is 2.23. The van der Waals surface area contributed by atoms with Gasteiger partial charge in [0.05, 0.1) is 12.8 Å². The summed E-state index contributed by atoms with van der Waals surface area (Å²) in [5, 5.41) is 2.47. The summed E-state index contributed by atoms with van der Waals surface area (Å²) >= 11 is 0. The quantitative estimate of drug-likeness (QED) is 0.907. The topological polar surface area (TPSA) is 70.6 Å². The summed E-state index contributed by atoms with van der Waals surface area (Å²) in [4.78, 5) is 24.4. The fourth-order valence-corrected chi connectivity index (χ4v) is 2.72. The first kappa shape index (κ1) is 17.8. The van der Waals surface area contributed by atoms with Crippen molar-refractivity contribution in [3.8, 4) is 5.88 Å². The number of hydrogen-bond donors (Lipinski definition) is 1. The molecule has 138 valence electrons. The molecular formula is C17H19F2N5O2. The molecule has 1 aromatic carbocycles. The number of halogens is 2. The lowest BCUT2D eigenvalue weighted by atomic mass is 10.3. The van der Waals surface area contributed by atoms with Crippen LogP contribution in [0.3, 0.4) is 0 Å². The van der Waals surface area contributed by atoms with E-state index in [1.54, 1.807) is 25.0 Å². The van der Waals surface area contributed by atoms with Crippen molar-refractivity contribution in [2.45, 2.75) is 6.92 Å². The maximum Gasteiger partial charge on any atom is 0.322 e. The maximum absolute atomic E-state index is 13.7. The highest BCUT2D eigenvalue weighted by Crippen LogP contribution is 2.20. The molecule has 7 nitrogen and oxygen atoms in total. The summed E-state index contributed by atoms with van der Waals surface area (Å²) in [6.07, 6.45) is 0. The number of rotatable bonds is 3. The van der Waals surface area contributed by atoms with Crippen molar-refractivity contribution in [3.63, 3.8) is 0 Å². The summed E-state index contributed by atoms with van der Waals surface area (Å²) in [6, 6.07) is 4.36. The first-order valence-electron chi connectivity index (χ1n) is 8.12. The lowest BCUT2D eigenvalue weighted by Crippen LogP contribution is -2.50. The van der Waals surface area contributed by atoms with Crippen molar-refractivity contribution in [3.05, 3.63) is 41.7 Å². The number of methoxy groups -OCH3 is 1. The monoisotopic (exact) mass is 363 g/mol. The van der Waals surface area contributed by atoms with Crippen molar-refractivity contribution < 1.29 is 18.3 Å². The van der Waals surface area contributed by atoms with Crippen LogP contribution in [0.2, 0.25) is 0 Å². The van der Waals surface area contributed by atoms with Crippen LogP contribution < -0.4 is 15.0 Å². The van der Waals surface area contributed by atoms with Crippen LogP contribution >= 0.6 is 0 Å². The molecule has 1 fully saturated rings. The van der Waals surface area contributed by atoms with Gasteiger partial charge in [0.25, 0.3) is 0 Å². The second-order valence-corrected chi connectivity index (χ2v) is 5.84. The molecule has 0 radical (unpaired) electrons. The molecule has 0 bridgehead atoms. The number of urea groups is 1. The molecule has 1 aromatic heterocycles. The van der Waals surface area contributed by atoms with Gasteiger partial charge in [-0.3, -0.25) is 0 Å². The Labute approximate surface area is 149 Å². The number of carbonyl (C=O) groups excluding carboxylic acids is 1. The van der Waals surface area contributed by atoms with Gasteiger partial charge in [-0.25, -0.2) is 18.6 Å². The summed E-state index contributed by atoms with van der Waals surface area (Å²) in [5.41, 5.74) is -0.0463. The minimum absolute atomic E-state index is 0.0463. The molecule has 0 atom stereocenters. The van der Waals surface area contributed by atoms with Crippen LogP contribution in [0.4, 0.5) is 25.1 Å². The second-order valence-electron chi connectivity index (χ2n) is 5.84. The molecule has 2 heterocycles. The van der Waals surface area contributed by atoms with Crippen molar-refractivity contribution in [1.82, 2.24) is 14.9 Å². The summed E-state index contributed by atoms with van der Waals surface area (Å²) in [6.45, 7) is 3.81. The SMILES string of the molecule is COc1cc(N2CCN(C(=O)Nc3ccc(F)cc3F)CC2)nc(C)n1. The van der Waals surface area contributed by atoms with Gasteiger partial charge in [0, 0.05) is 38.3 Å². The van der Waals surface area contributed by atoms with E-state index in [1.165, 1.54) is 6.07 Å². The van der Waals surface area contributed by atoms with E-state index in [0.717, 1.165) is 18.0 Å². The third kappa shape index (κ3) is 3.98. The number of aryl methyl sites for hydroxylation is 1. The van der Waals surface area contributed by atoms with Crippen molar-refractivity contribution in [2.75, 3.05) is 43.5 Å². The molecule has 3 rings (SSSR count). The van der Waals surface area contributed by atoms with Crippen LogP contribution in [-0.2, 0) is 0 Å². The number of nitrogens with one attached hydrogen (secondary N) is 1. The summed E-state index contributed by atoms with van der Waals surface area (Å²) in [7, 11) is 1.54. The zero-order valence-electron chi connectivity index (χ0n) is 14.5. The molecule has 1 saturated heterocycles. The number of anilines is 2. The maximum atomic E-state index is 13.7. The minimum Gasteiger partial charge on any atom is -0.481 e. The van der Waals surface area contributed by atoms with Crippen LogP contribution in [0.25, 0.3) is 0 Å². The van der Waals surface area contributed by atoms with Crippen LogP contribution in [0, 0.1) is 18.6 Å². The fourth-order valence-electron chi connectivity index (χ4n) is 2.72. The Bertz CT molecular complexity index is 810. The minimum atomic E-state index is -0.805. The molecule has 0 aliphatic carbocycles. The Morgan fingerprint density at radius 2 is 1.88 bits per heavy atom. The van der Waals surface area contributed by atoms with Gasteiger partial charge in [-0.2, -0.15) is 4.98 Å². The molecule has 26 heavy (non-hydrogen) atoms. The van der Waals surface area contributed by atoms with E-state index in [2.05, 4.69) is 15.3 Å². The average Bonchev–Trinajstić information content (AvgIpc) is 2.63. The molecule has 2 amide bonds. The summed E-state index contributed by atoms with van der Waals surface area (Å²) < 4.78 is 31.8. The Morgan fingerprint density at radius 1 is 1.15 bits per heavy atom. The number of hydrogen-bond acceptors (Lipinski definition) is 5. The molecule has 2 aromatic rings. The highest BCUT2D eigenvalue weighted by atomic mass is 19.1. The normalized spacial score (nSPS) is 14.3. The van der Waals surface area contributed by atoms with Gasteiger partial charge in [-0.15, -0.1) is 0 Å². The lowest BCUT2D eigenvalue weighted by molar-refractivity contribution is 0.208. The van der Waals surface area contributed by atoms with Crippen molar-refractivity contribution in [2.24, 2.45) is 0 Å². The highest BCUT2D eigenvalue weighted by molar-refractivity contribution is 5.89. The second kappa shape index (κ2) is 7.51. The van der Waals surface area contributed by atoms with Crippen LogP contribution in [0.5, 0.6) is 5.88 Å². The van der Waals surface area contributed by atoms with Gasteiger partial charge in [0.15, 0.2) is 0 Å². The van der Waals surface area contributed by atoms with Crippen LogP contribution in [0.1, 0.15) is 5.82 Å². The van der Waals surface area contributed by atoms with E-state index in [4.69, 9.17) is 4.74 Å². The zero-order chi connectivity index (χ0) is 18.7. The first-order chi connectivity index (χ1) is 12.5. The van der Waals surface area contributed by atoms with Gasteiger partial charge < -0.3 is 19.9 Å². The predicted octanol–water partition coefficient (Wildman–Crippen LogP) is 2.43. The van der Waals surface area contributed by atoms with Gasteiger partial charge >= 0.3 is 6.03 Å². The third-order valence-electron chi connectivity index (χ3n) is 4.07. The number of benzene rings is 1. The zero-order valence-corrected chi connectivity index (χ0v) is 14.5. The number of nitrogens with zero attached hydrogens (tertiary/aromatic N) is 4. The molecule has 0 unspecified atom stereocenters. The molecular weight excluding hydrogens is 344 g/mol. The van der Waals surface area contributed by atoms with Gasteiger partial charge in [-0.05, 0) is 19.1 Å². The number of carbonyl (C=O) groups is 1. The van der Waals surface area contributed by atoms with E-state index < -0.39 is 17.7 Å². The van der Waals surface area contributed by atoms with Gasteiger partial charge in [-0.1, -0.05) is 0 Å². The molecule has 0 spiro atoms. The standard InChI is InChI=1S/C17H19F2N5O2/c1-11-20-15(10-16(21-11)26-2)23-5-7-24(8-6-23)17(25)22-14-4-3-12(18)9-13(14)19/h3-4,9-10H,5-8H2,1-2H3,(H,22,25). The molecule has 1 N–H and O–H groups in total. The summed E-state index contributed by atoms with van der Waals surface area (Å²) in [5.74, 6) is 0.329. The van der Waals surface area contributed by atoms with Crippen molar-refractivity contribution in [1.29, 1.82) is 0 Å². The average molecular weight is 363 g/mol. The van der Waals surface area contributed by atoms with Crippen LogP contribution in [0.15, 0.2) is 24.3 Å². The smallest absolute Gasteiger partial charge is 0.322 e. The molecule has 1 aliphatic heterocycles. The number of piperazine rings is 1. The molecule has 9 heteroatoms. The van der Waals surface area contributed by atoms with E-state index in [0.29, 0.717) is 37.9 Å². The van der Waals surface area contributed by atoms with E-state index in [9.17, 15) is 13.6 Å².